The Balaban J connectivity index is 2.13. The van der Waals surface area contributed by atoms with E-state index in [-0.39, 0.29) is 12.3 Å². The first-order chi connectivity index (χ1) is 12.3. The smallest absolute Gasteiger partial charge is 0.408 e. The number of carboxylic acids is 1. The summed E-state index contributed by atoms with van der Waals surface area (Å²) < 4.78 is 5.14. The molecule has 0 bridgehead atoms. The fourth-order valence-corrected chi connectivity index (χ4v) is 2.46. The van der Waals surface area contributed by atoms with Crippen molar-refractivity contribution in [1.29, 1.82) is 0 Å². The number of non-ortho nitro benzene ring substituents is 1. The van der Waals surface area contributed by atoms with Crippen LogP contribution < -0.4 is 5.32 Å². The Morgan fingerprint density at radius 3 is 2.31 bits per heavy atom. The van der Waals surface area contributed by atoms with E-state index in [0.29, 0.717) is 5.56 Å². The van der Waals surface area contributed by atoms with Crippen molar-refractivity contribution >= 4 is 17.7 Å². The van der Waals surface area contributed by atoms with Gasteiger partial charge in [-0.25, -0.2) is 4.79 Å². The van der Waals surface area contributed by atoms with Gasteiger partial charge in [-0.3, -0.25) is 14.9 Å². The zero-order valence-electron chi connectivity index (χ0n) is 14.0. The number of nitro benzene ring substituents is 1. The molecule has 0 aliphatic rings. The lowest BCUT2D eigenvalue weighted by Gasteiger charge is -2.29. The summed E-state index contributed by atoms with van der Waals surface area (Å²) in [5.74, 6) is -1.13. The van der Waals surface area contributed by atoms with Crippen LogP contribution in [0.15, 0.2) is 54.6 Å². The van der Waals surface area contributed by atoms with Crippen molar-refractivity contribution < 1.29 is 24.4 Å². The molecular formula is C18H18N2O6. The maximum atomic E-state index is 12.1. The van der Waals surface area contributed by atoms with Crippen LogP contribution in [0.3, 0.4) is 0 Å². The molecule has 2 N–H and O–H groups in total. The molecule has 8 nitrogen and oxygen atoms in total. The second-order valence-corrected chi connectivity index (χ2v) is 5.89. The van der Waals surface area contributed by atoms with Crippen LogP contribution in [-0.2, 0) is 21.7 Å². The van der Waals surface area contributed by atoms with Gasteiger partial charge in [0.1, 0.15) is 6.61 Å². The summed E-state index contributed by atoms with van der Waals surface area (Å²) in [5, 5.41) is 22.5. The number of amides is 1. The molecule has 2 aromatic rings. The first-order valence-corrected chi connectivity index (χ1v) is 7.76. The van der Waals surface area contributed by atoms with Gasteiger partial charge < -0.3 is 15.2 Å². The topological polar surface area (TPSA) is 119 Å². The summed E-state index contributed by atoms with van der Waals surface area (Å²) in [5.41, 5.74) is -0.201. The average Bonchev–Trinajstić information content (AvgIpc) is 2.60. The predicted octanol–water partition coefficient (Wildman–Crippen LogP) is 3.21. The van der Waals surface area contributed by atoms with Gasteiger partial charge in [0.25, 0.3) is 5.69 Å². The molecule has 26 heavy (non-hydrogen) atoms. The van der Waals surface area contributed by atoms with Gasteiger partial charge >= 0.3 is 12.1 Å². The Hall–Kier alpha value is -3.42. The van der Waals surface area contributed by atoms with Crippen LogP contribution in [0, 0.1) is 10.1 Å². The van der Waals surface area contributed by atoms with Gasteiger partial charge in [-0.2, -0.15) is 0 Å². The number of carbonyl (C=O) groups is 2. The summed E-state index contributed by atoms with van der Waals surface area (Å²) in [4.78, 5) is 33.6. The van der Waals surface area contributed by atoms with Gasteiger partial charge in [0.05, 0.1) is 16.9 Å². The fraction of sp³-hybridized carbons (Fsp3) is 0.222. The van der Waals surface area contributed by atoms with Gasteiger partial charge in [-0.15, -0.1) is 0 Å². The minimum Gasteiger partial charge on any atom is -0.481 e. The zero-order valence-corrected chi connectivity index (χ0v) is 14.0. The molecule has 0 saturated carbocycles. The molecular weight excluding hydrogens is 340 g/mol. The van der Waals surface area contributed by atoms with Crippen molar-refractivity contribution in [3.05, 3.63) is 75.8 Å². The summed E-state index contributed by atoms with van der Waals surface area (Å²) in [7, 11) is 0. The van der Waals surface area contributed by atoms with Crippen molar-refractivity contribution in [3.8, 4) is 0 Å². The molecule has 1 unspecified atom stereocenters. The second kappa shape index (κ2) is 8.11. The number of benzene rings is 2. The number of nitrogens with one attached hydrogen (secondary N) is 1. The Kier molecular flexibility index (Phi) is 5.90. The Labute approximate surface area is 149 Å². The number of alkyl carbamates (subject to hydrolysis) is 1. The molecule has 1 amide bonds. The second-order valence-electron chi connectivity index (χ2n) is 5.89. The van der Waals surface area contributed by atoms with Crippen LogP contribution in [0.25, 0.3) is 0 Å². The molecule has 0 aliphatic heterocycles. The number of carbonyl (C=O) groups excluding carboxylic acids is 1. The molecule has 0 radical (unpaired) electrons. The van der Waals surface area contributed by atoms with E-state index in [1.807, 2.05) is 18.2 Å². The number of carboxylic acid groups (broad SMARTS) is 1. The molecule has 2 aromatic carbocycles. The third-order valence-electron chi connectivity index (χ3n) is 3.81. The van der Waals surface area contributed by atoms with Gasteiger partial charge in [0.2, 0.25) is 0 Å². The van der Waals surface area contributed by atoms with E-state index >= 15 is 0 Å². The van der Waals surface area contributed by atoms with Crippen LogP contribution in [0.5, 0.6) is 0 Å². The molecule has 0 heterocycles. The van der Waals surface area contributed by atoms with E-state index in [2.05, 4.69) is 5.32 Å². The van der Waals surface area contributed by atoms with E-state index in [0.717, 1.165) is 5.56 Å². The largest absolute Gasteiger partial charge is 0.481 e. The molecule has 0 aliphatic carbocycles. The molecule has 0 spiro atoms. The first-order valence-electron chi connectivity index (χ1n) is 7.76. The van der Waals surface area contributed by atoms with Gasteiger partial charge in [-0.1, -0.05) is 30.3 Å². The highest BCUT2D eigenvalue weighted by Gasteiger charge is 2.32. The minimum atomic E-state index is -1.28. The minimum absolute atomic E-state index is 0.0378. The van der Waals surface area contributed by atoms with Crippen LogP contribution >= 0.6 is 0 Å². The van der Waals surface area contributed by atoms with E-state index in [4.69, 9.17) is 4.74 Å². The van der Waals surface area contributed by atoms with Gasteiger partial charge in [0, 0.05) is 12.1 Å². The molecule has 2 rings (SSSR count). The Morgan fingerprint density at radius 1 is 1.15 bits per heavy atom. The predicted molar refractivity (Wildman–Crippen MR) is 92.5 cm³/mol. The Bertz CT molecular complexity index is 791. The number of ether oxygens (including phenoxy) is 1. The number of nitro groups is 1. The lowest BCUT2D eigenvalue weighted by Crippen LogP contribution is -2.45. The van der Waals surface area contributed by atoms with Crippen molar-refractivity contribution in [3.63, 3.8) is 0 Å². The molecule has 1 atom stereocenters. The van der Waals surface area contributed by atoms with Crippen LogP contribution in [-0.4, -0.2) is 22.1 Å². The highest BCUT2D eigenvalue weighted by Crippen LogP contribution is 2.27. The molecule has 136 valence electrons. The molecule has 0 aromatic heterocycles. The highest BCUT2D eigenvalue weighted by atomic mass is 16.6. The van der Waals surface area contributed by atoms with E-state index in [9.17, 15) is 24.8 Å². The zero-order chi connectivity index (χ0) is 19.2. The average molecular weight is 358 g/mol. The number of hydrogen-bond acceptors (Lipinski definition) is 5. The lowest BCUT2D eigenvalue weighted by atomic mass is 9.88. The number of aliphatic carboxylic acids is 1. The SMILES string of the molecule is CC(CC(=O)O)(NC(=O)OCc1ccccc1)c1ccc([N+](=O)[O-])cc1. The summed E-state index contributed by atoms with van der Waals surface area (Å²) in [6.07, 6.45) is -1.19. The van der Waals surface area contributed by atoms with Gasteiger partial charge in [0.15, 0.2) is 0 Å². The monoisotopic (exact) mass is 358 g/mol. The molecule has 0 saturated heterocycles. The van der Waals surface area contributed by atoms with E-state index in [1.165, 1.54) is 31.2 Å². The maximum Gasteiger partial charge on any atom is 0.408 e. The summed E-state index contributed by atoms with van der Waals surface area (Å²) >= 11 is 0. The van der Waals surface area contributed by atoms with Crippen molar-refractivity contribution in [2.24, 2.45) is 0 Å². The third kappa shape index (κ3) is 5.04. The van der Waals surface area contributed by atoms with Crippen LogP contribution in [0.2, 0.25) is 0 Å². The van der Waals surface area contributed by atoms with E-state index < -0.39 is 28.9 Å². The summed E-state index contributed by atoms with van der Waals surface area (Å²) in [6.45, 7) is 1.56. The fourth-order valence-electron chi connectivity index (χ4n) is 2.46. The number of hydrogen-bond donors (Lipinski definition) is 2. The van der Waals surface area contributed by atoms with Crippen molar-refractivity contribution in [1.82, 2.24) is 5.32 Å². The summed E-state index contributed by atoms with van der Waals surface area (Å²) in [6, 6.07) is 14.4. The molecule has 8 heteroatoms. The third-order valence-corrected chi connectivity index (χ3v) is 3.81. The van der Waals surface area contributed by atoms with Crippen LogP contribution in [0.1, 0.15) is 24.5 Å². The van der Waals surface area contributed by atoms with E-state index in [1.54, 1.807) is 12.1 Å². The maximum absolute atomic E-state index is 12.1. The number of nitrogens with zero attached hydrogens (tertiary/aromatic N) is 1. The Morgan fingerprint density at radius 2 is 1.77 bits per heavy atom. The number of rotatable bonds is 7. The quantitative estimate of drug-likeness (QED) is 0.579. The highest BCUT2D eigenvalue weighted by molar-refractivity contribution is 5.73. The first kappa shape index (κ1) is 18.9. The van der Waals surface area contributed by atoms with Crippen LogP contribution in [0.4, 0.5) is 10.5 Å². The van der Waals surface area contributed by atoms with Crippen molar-refractivity contribution in [2.45, 2.75) is 25.5 Å². The molecule has 0 fully saturated rings. The van der Waals surface area contributed by atoms with Gasteiger partial charge in [-0.05, 0) is 30.2 Å². The van der Waals surface area contributed by atoms with Crippen molar-refractivity contribution in [2.75, 3.05) is 0 Å². The lowest BCUT2D eigenvalue weighted by molar-refractivity contribution is -0.384. The normalized spacial score (nSPS) is 12.7. The standard InChI is InChI=1S/C18H18N2O6/c1-18(11-16(21)22,14-7-9-15(10-8-14)20(24)25)19-17(23)26-12-13-5-3-2-4-6-13/h2-10H,11-12H2,1H3,(H,19,23)(H,21,22).